The van der Waals surface area contributed by atoms with Gasteiger partial charge in [0.1, 0.15) is 5.82 Å². The molecular formula is C16H21N5O3. The predicted molar refractivity (Wildman–Crippen MR) is 86.8 cm³/mol. The van der Waals surface area contributed by atoms with E-state index in [0.29, 0.717) is 30.5 Å². The van der Waals surface area contributed by atoms with Gasteiger partial charge in [-0.3, -0.25) is 4.79 Å². The van der Waals surface area contributed by atoms with E-state index < -0.39 is 0 Å². The zero-order chi connectivity index (χ0) is 16.9. The molecule has 0 aliphatic carbocycles. The van der Waals surface area contributed by atoms with Crippen LogP contribution >= 0.6 is 0 Å². The minimum absolute atomic E-state index is 0.166. The first-order valence-electron chi connectivity index (χ1n) is 8.03. The molecule has 3 rings (SSSR count). The first-order valence-corrected chi connectivity index (χ1v) is 8.03. The fourth-order valence-corrected chi connectivity index (χ4v) is 2.34. The minimum Gasteiger partial charge on any atom is -0.378 e. The SMILES string of the molecule is CC(C)c1nc(CNC(=O)c2ccc(N3CCOCC3)nc2)no1. The molecule has 0 radical (unpaired) electrons. The van der Waals surface area contributed by atoms with Gasteiger partial charge in [-0.2, -0.15) is 4.98 Å². The maximum atomic E-state index is 12.2. The standard InChI is InChI=1S/C16H21N5O3/c1-11(2)16-19-13(20-24-16)10-18-15(22)12-3-4-14(17-9-12)21-5-7-23-8-6-21/h3-4,9,11H,5-8,10H2,1-2H3,(H,18,22). The largest absolute Gasteiger partial charge is 0.378 e. The Kier molecular flexibility index (Phi) is 5.05. The van der Waals surface area contributed by atoms with Gasteiger partial charge in [-0.1, -0.05) is 19.0 Å². The average Bonchev–Trinajstić information content (AvgIpc) is 3.10. The second-order valence-electron chi connectivity index (χ2n) is 5.89. The van der Waals surface area contributed by atoms with E-state index in [0.717, 1.165) is 18.9 Å². The van der Waals surface area contributed by atoms with Crippen molar-refractivity contribution in [2.24, 2.45) is 0 Å². The van der Waals surface area contributed by atoms with Crippen molar-refractivity contribution < 1.29 is 14.1 Å². The summed E-state index contributed by atoms with van der Waals surface area (Å²) in [5.74, 6) is 1.83. The molecule has 8 nitrogen and oxygen atoms in total. The average molecular weight is 331 g/mol. The normalized spacial score (nSPS) is 14.9. The van der Waals surface area contributed by atoms with E-state index >= 15 is 0 Å². The molecule has 0 unspecified atom stereocenters. The first kappa shape index (κ1) is 16.4. The van der Waals surface area contributed by atoms with E-state index in [9.17, 15) is 4.79 Å². The van der Waals surface area contributed by atoms with Crippen LogP contribution in [0.25, 0.3) is 0 Å². The molecular weight excluding hydrogens is 310 g/mol. The van der Waals surface area contributed by atoms with Crippen LogP contribution < -0.4 is 10.2 Å². The lowest BCUT2D eigenvalue weighted by atomic mass is 10.2. The van der Waals surface area contributed by atoms with Crippen molar-refractivity contribution in [1.29, 1.82) is 0 Å². The summed E-state index contributed by atoms with van der Waals surface area (Å²) in [5, 5.41) is 6.61. The van der Waals surface area contributed by atoms with E-state index in [-0.39, 0.29) is 18.4 Å². The topological polar surface area (TPSA) is 93.4 Å². The quantitative estimate of drug-likeness (QED) is 0.884. The van der Waals surface area contributed by atoms with Crippen molar-refractivity contribution in [3.63, 3.8) is 0 Å². The van der Waals surface area contributed by atoms with E-state index in [1.807, 2.05) is 19.9 Å². The molecule has 8 heteroatoms. The number of hydrogen-bond acceptors (Lipinski definition) is 7. The fraction of sp³-hybridized carbons (Fsp3) is 0.500. The van der Waals surface area contributed by atoms with Crippen molar-refractivity contribution >= 4 is 11.7 Å². The van der Waals surface area contributed by atoms with Gasteiger partial charge in [-0.15, -0.1) is 0 Å². The van der Waals surface area contributed by atoms with Crippen LogP contribution in [0, 0.1) is 0 Å². The van der Waals surface area contributed by atoms with Crippen LogP contribution in [0.2, 0.25) is 0 Å². The highest BCUT2D eigenvalue weighted by atomic mass is 16.5. The number of anilines is 1. The number of ether oxygens (including phenoxy) is 1. The summed E-state index contributed by atoms with van der Waals surface area (Å²) in [6.07, 6.45) is 1.58. The van der Waals surface area contributed by atoms with Crippen LogP contribution in [0.1, 0.15) is 41.8 Å². The number of hydrogen-bond donors (Lipinski definition) is 1. The van der Waals surface area contributed by atoms with Gasteiger partial charge in [0.05, 0.1) is 25.3 Å². The molecule has 128 valence electrons. The maximum absolute atomic E-state index is 12.2. The number of aromatic nitrogens is 3. The minimum atomic E-state index is -0.216. The smallest absolute Gasteiger partial charge is 0.253 e. The van der Waals surface area contributed by atoms with Crippen molar-refractivity contribution in [2.45, 2.75) is 26.3 Å². The number of morpholine rings is 1. The molecule has 24 heavy (non-hydrogen) atoms. The fourth-order valence-electron chi connectivity index (χ4n) is 2.34. The maximum Gasteiger partial charge on any atom is 0.253 e. The predicted octanol–water partition coefficient (Wildman–Crippen LogP) is 1.35. The number of nitrogens with one attached hydrogen (secondary N) is 1. The van der Waals surface area contributed by atoms with Crippen LogP contribution in [0.5, 0.6) is 0 Å². The Balaban J connectivity index is 1.56. The third-order valence-corrected chi connectivity index (χ3v) is 3.73. The summed E-state index contributed by atoms with van der Waals surface area (Å²) in [6.45, 7) is 7.19. The summed E-state index contributed by atoms with van der Waals surface area (Å²) in [4.78, 5) is 22.9. The molecule has 0 aromatic carbocycles. The van der Waals surface area contributed by atoms with E-state index in [1.165, 1.54) is 0 Å². The van der Waals surface area contributed by atoms with Crippen molar-refractivity contribution in [1.82, 2.24) is 20.4 Å². The molecule has 3 heterocycles. The molecule has 1 aliphatic heterocycles. The Bertz CT molecular complexity index is 677. The molecule has 0 bridgehead atoms. The van der Waals surface area contributed by atoms with Crippen LogP contribution in [-0.2, 0) is 11.3 Å². The van der Waals surface area contributed by atoms with Gasteiger partial charge < -0.3 is 19.5 Å². The molecule has 1 N–H and O–H groups in total. The summed E-state index contributed by atoms with van der Waals surface area (Å²) >= 11 is 0. The molecule has 0 atom stereocenters. The van der Waals surface area contributed by atoms with Crippen LogP contribution in [-0.4, -0.2) is 47.3 Å². The van der Waals surface area contributed by atoms with E-state index in [2.05, 4.69) is 25.3 Å². The number of rotatable bonds is 5. The van der Waals surface area contributed by atoms with Gasteiger partial charge in [0.15, 0.2) is 5.82 Å². The Labute approximate surface area is 140 Å². The van der Waals surface area contributed by atoms with E-state index in [4.69, 9.17) is 9.26 Å². The molecule has 0 saturated carbocycles. The molecule has 0 spiro atoms. The number of nitrogens with zero attached hydrogens (tertiary/aromatic N) is 4. The number of amides is 1. The second kappa shape index (κ2) is 7.39. The lowest BCUT2D eigenvalue weighted by Crippen LogP contribution is -2.36. The molecule has 2 aromatic rings. The molecule has 1 saturated heterocycles. The molecule has 1 fully saturated rings. The third-order valence-electron chi connectivity index (χ3n) is 3.73. The molecule has 2 aromatic heterocycles. The Morgan fingerprint density at radius 3 is 2.75 bits per heavy atom. The van der Waals surface area contributed by atoms with E-state index in [1.54, 1.807) is 12.3 Å². The zero-order valence-electron chi connectivity index (χ0n) is 13.9. The highest BCUT2D eigenvalue weighted by molar-refractivity contribution is 5.93. The second-order valence-corrected chi connectivity index (χ2v) is 5.89. The Morgan fingerprint density at radius 2 is 2.12 bits per heavy atom. The van der Waals surface area contributed by atoms with Gasteiger partial charge in [0.2, 0.25) is 5.89 Å². The number of carbonyl (C=O) groups is 1. The number of carbonyl (C=O) groups excluding carboxylic acids is 1. The van der Waals surface area contributed by atoms with Crippen LogP contribution in [0.4, 0.5) is 5.82 Å². The summed E-state index contributed by atoms with van der Waals surface area (Å²) in [7, 11) is 0. The zero-order valence-corrected chi connectivity index (χ0v) is 13.9. The van der Waals surface area contributed by atoms with Crippen molar-refractivity contribution in [3.05, 3.63) is 35.6 Å². The molecule has 1 aliphatic rings. The van der Waals surface area contributed by atoms with Gasteiger partial charge in [-0.25, -0.2) is 4.98 Å². The summed E-state index contributed by atoms with van der Waals surface area (Å²) in [5.41, 5.74) is 0.500. The summed E-state index contributed by atoms with van der Waals surface area (Å²) in [6, 6.07) is 3.62. The van der Waals surface area contributed by atoms with Crippen LogP contribution in [0.3, 0.4) is 0 Å². The van der Waals surface area contributed by atoms with Crippen molar-refractivity contribution in [2.75, 3.05) is 31.2 Å². The van der Waals surface area contributed by atoms with Crippen molar-refractivity contribution in [3.8, 4) is 0 Å². The lowest BCUT2D eigenvalue weighted by molar-refractivity contribution is 0.0949. The Hall–Kier alpha value is -2.48. The van der Waals surface area contributed by atoms with Gasteiger partial charge >= 0.3 is 0 Å². The number of pyridine rings is 1. The summed E-state index contributed by atoms with van der Waals surface area (Å²) < 4.78 is 10.4. The Morgan fingerprint density at radius 1 is 1.33 bits per heavy atom. The van der Waals surface area contributed by atoms with Gasteiger partial charge in [0.25, 0.3) is 5.91 Å². The van der Waals surface area contributed by atoms with Gasteiger partial charge in [-0.05, 0) is 12.1 Å². The van der Waals surface area contributed by atoms with Crippen LogP contribution in [0.15, 0.2) is 22.9 Å². The van der Waals surface area contributed by atoms with Gasteiger partial charge in [0, 0.05) is 25.2 Å². The highest BCUT2D eigenvalue weighted by Gasteiger charge is 2.14. The molecule has 1 amide bonds. The third kappa shape index (κ3) is 3.88. The monoisotopic (exact) mass is 331 g/mol. The highest BCUT2D eigenvalue weighted by Crippen LogP contribution is 2.13. The first-order chi connectivity index (χ1) is 11.6. The lowest BCUT2D eigenvalue weighted by Gasteiger charge is -2.27.